The van der Waals surface area contributed by atoms with Crippen LogP contribution in [0.15, 0.2) is 51.6 Å². The van der Waals surface area contributed by atoms with Gasteiger partial charge in [-0.15, -0.1) is 0 Å². The quantitative estimate of drug-likeness (QED) is 0.448. The van der Waals surface area contributed by atoms with E-state index in [-0.39, 0.29) is 28.1 Å². The van der Waals surface area contributed by atoms with E-state index < -0.39 is 5.82 Å². The van der Waals surface area contributed by atoms with Crippen LogP contribution in [0.25, 0.3) is 22.6 Å². The fourth-order valence-electron chi connectivity index (χ4n) is 3.93. The van der Waals surface area contributed by atoms with Crippen LogP contribution in [-0.4, -0.2) is 57.9 Å². The van der Waals surface area contributed by atoms with Crippen molar-refractivity contribution in [3.63, 3.8) is 0 Å². The molecule has 3 aromatic heterocycles. The lowest BCUT2D eigenvalue weighted by atomic mass is 10.1. The number of rotatable bonds is 3. The first-order valence-electron chi connectivity index (χ1n) is 10.3. The molecule has 2 amide bonds. The molecule has 10 heteroatoms. The number of carbonyl (C=O) groups is 2. The molecule has 4 aromatic rings. The van der Waals surface area contributed by atoms with Crippen LogP contribution in [0.3, 0.4) is 0 Å². The molecular formula is C23H18ClFN4O4. The SMILES string of the molecule is Cc1noc2nc(-c3ccco3)cc(C(=O)N3CCN(C(=O)c4ccc(F)cc4Cl)CC3)c12. The number of fused-ring (bicyclic) bond motifs is 1. The van der Waals surface area contributed by atoms with Crippen molar-refractivity contribution in [2.45, 2.75) is 6.92 Å². The lowest BCUT2D eigenvalue weighted by molar-refractivity contribution is 0.0536. The summed E-state index contributed by atoms with van der Waals surface area (Å²) in [6.45, 7) is 3.04. The van der Waals surface area contributed by atoms with E-state index >= 15 is 0 Å². The number of nitrogens with zero attached hydrogens (tertiary/aromatic N) is 4. The Kier molecular flexibility index (Phi) is 5.33. The van der Waals surface area contributed by atoms with E-state index in [1.165, 1.54) is 18.4 Å². The van der Waals surface area contributed by atoms with Gasteiger partial charge in [0.05, 0.1) is 33.5 Å². The summed E-state index contributed by atoms with van der Waals surface area (Å²) >= 11 is 6.04. The topological polar surface area (TPSA) is 92.7 Å². The highest BCUT2D eigenvalue weighted by Crippen LogP contribution is 2.28. The standard InChI is InChI=1S/C23H18ClFN4O4/c1-13-20-16(12-18(19-3-2-10-32-19)26-21(20)33-27-13)23(31)29-8-6-28(7-9-29)22(30)15-5-4-14(25)11-17(15)24/h2-5,10-12H,6-9H2,1H3. The number of carbonyl (C=O) groups excluding carboxylic acids is 2. The van der Waals surface area contributed by atoms with Crippen LogP contribution in [0, 0.1) is 12.7 Å². The number of hydrogen-bond donors (Lipinski definition) is 0. The molecule has 0 atom stereocenters. The normalized spacial score (nSPS) is 14.2. The summed E-state index contributed by atoms with van der Waals surface area (Å²) < 4.78 is 24.1. The zero-order valence-corrected chi connectivity index (χ0v) is 18.3. The van der Waals surface area contributed by atoms with Gasteiger partial charge in [-0.05, 0) is 43.3 Å². The van der Waals surface area contributed by atoms with Crippen LogP contribution in [0.4, 0.5) is 4.39 Å². The van der Waals surface area contributed by atoms with Gasteiger partial charge in [-0.25, -0.2) is 9.37 Å². The van der Waals surface area contributed by atoms with E-state index in [9.17, 15) is 14.0 Å². The maximum atomic E-state index is 13.5. The second-order valence-electron chi connectivity index (χ2n) is 7.69. The van der Waals surface area contributed by atoms with Crippen LogP contribution in [0.1, 0.15) is 26.4 Å². The summed E-state index contributed by atoms with van der Waals surface area (Å²) in [7, 11) is 0. The third kappa shape index (κ3) is 3.84. The predicted octanol–water partition coefficient (Wildman–Crippen LogP) is 4.18. The van der Waals surface area contributed by atoms with Gasteiger partial charge in [-0.1, -0.05) is 16.8 Å². The van der Waals surface area contributed by atoms with Crippen molar-refractivity contribution >= 4 is 34.5 Å². The number of piperazine rings is 1. The number of amides is 2. The van der Waals surface area contributed by atoms with E-state index in [4.69, 9.17) is 20.5 Å². The van der Waals surface area contributed by atoms with Crippen molar-refractivity contribution in [3.8, 4) is 11.5 Å². The van der Waals surface area contributed by atoms with E-state index in [1.807, 2.05) is 0 Å². The molecule has 0 radical (unpaired) electrons. The minimum Gasteiger partial charge on any atom is -0.463 e. The maximum absolute atomic E-state index is 13.5. The summed E-state index contributed by atoms with van der Waals surface area (Å²) in [5.41, 5.74) is 1.92. The Labute approximate surface area is 192 Å². The predicted molar refractivity (Wildman–Crippen MR) is 117 cm³/mol. The van der Waals surface area contributed by atoms with Crippen LogP contribution in [-0.2, 0) is 0 Å². The van der Waals surface area contributed by atoms with Gasteiger partial charge >= 0.3 is 0 Å². The number of halogens is 2. The van der Waals surface area contributed by atoms with Crippen molar-refractivity contribution in [1.29, 1.82) is 0 Å². The van der Waals surface area contributed by atoms with E-state index in [0.717, 1.165) is 6.07 Å². The molecule has 0 spiro atoms. The second-order valence-corrected chi connectivity index (χ2v) is 8.10. The van der Waals surface area contributed by atoms with Crippen molar-refractivity contribution in [1.82, 2.24) is 19.9 Å². The molecule has 33 heavy (non-hydrogen) atoms. The molecule has 1 aliphatic rings. The van der Waals surface area contributed by atoms with E-state index in [1.54, 1.807) is 34.9 Å². The Morgan fingerprint density at radius 1 is 1.03 bits per heavy atom. The Morgan fingerprint density at radius 3 is 2.36 bits per heavy atom. The van der Waals surface area contributed by atoms with Gasteiger partial charge in [0.2, 0.25) is 0 Å². The van der Waals surface area contributed by atoms with E-state index in [2.05, 4.69) is 10.1 Å². The highest BCUT2D eigenvalue weighted by molar-refractivity contribution is 6.33. The molecule has 1 aliphatic heterocycles. The molecule has 0 N–H and O–H groups in total. The Bertz CT molecular complexity index is 1360. The number of aromatic nitrogens is 2. The van der Waals surface area contributed by atoms with Crippen molar-refractivity contribution in [3.05, 3.63) is 70.3 Å². The van der Waals surface area contributed by atoms with Crippen LogP contribution in [0.2, 0.25) is 5.02 Å². The molecule has 0 aliphatic carbocycles. The third-order valence-corrected chi connectivity index (χ3v) is 5.95. The minimum atomic E-state index is -0.506. The summed E-state index contributed by atoms with van der Waals surface area (Å²) in [5.74, 6) is -0.512. The molecule has 0 unspecified atom stereocenters. The van der Waals surface area contributed by atoms with Gasteiger partial charge in [-0.2, -0.15) is 0 Å². The zero-order chi connectivity index (χ0) is 23.1. The Hall–Kier alpha value is -3.72. The van der Waals surface area contributed by atoms with Gasteiger partial charge < -0.3 is 18.7 Å². The van der Waals surface area contributed by atoms with Gasteiger partial charge in [0, 0.05) is 26.2 Å². The molecule has 1 aromatic carbocycles. The first-order valence-corrected chi connectivity index (χ1v) is 10.6. The summed E-state index contributed by atoms with van der Waals surface area (Å²) in [6.07, 6.45) is 1.53. The molecule has 8 nitrogen and oxygen atoms in total. The molecule has 168 valence electrons. The van der Waals surface area contributed by atoms with Gasteiger partial charge in [0.15, 0.2) is 5.76 Å². The average molecular weight is 469 g/mol. The minimum absolute atomic E-state index is 0.0612. The zero-order valence-electron chi connectivity index (χ0n) is 17.5. The molecule has 5 rings (SSSR count). The smallest absolute Gasteiger partial charge is 0.259 e. The van der Waals surface area contributed by atoms with Crippen molar-refractivity contribution in [2.24, 2.45) is 0 Å². The first-order chi connectivity index (χ1) is 15.9. The van der Waals surface area contributed by atoms with Crippen LogP contribution in [0.5, 0.6) is 0 Å². The number of benzene rings is 1. The van der Waals surface area contributed by atoms with Crippen molar-refractivity contribution < 1.29 is 22.9 Å². The second kappa shape index (κ2) is 8.32. The van der Waals surface area contributed by atoms with Crippen molar-refractivity contribution in [2.75, 3.05) is 26.2 Å². The Morgan fingerprint density at radius 2 is 1.73 bits per heavy atom. The molecule has 1 saturated heterocycles. The summed E-state index contributed by atoms with van der Waals surface area (Å²) in [6, 6.07) is 8.83. The van der Waals surface area contributed by atoms with Crippen LogP contribution < -0.4 is 0 Å². The van der Waals surface area contributed by atoms with Gasteiger partial charge in [0.1, 0.15) is 11.5 Å². The van der Waals surface area contributed by atoms with Gasteiger partial charge in [-0.3, -0.25) is 9.59 Å². The van der Waals surface area contributed by atoms with Gasteiger partial charge in [0.25, 0.3) is 17.5 Å². The summed E-state index contributed by atoms with van der Waals surface area (Å²) in [5, 5.41) is 4.57. The molecular weight excluding hydrogens is 451 g/mol. The lowest BCUT2D eigenvalue weighted by Crippen LogP contribution is -2.50. The molecule has 0 bridgehead atoms. The molecule has 4 heterocycles. The van der Waals surface area contributed by atoms with Crippen LogP contribution >= 0.6 is 11.6 Å². The fourth-order valence-corrected chi connectivity index (χ4v) is 4.18. The first kappa shape index (κ1) is 21.1. The molecule has 1 fully saturated rings. The summed E-state index contributed by atoms with van der Waals surface area (Å²) in [4.78, 5) is 34.0. The number of furan rings is 1. The Balaban J connectivity index is 1.38. The average Bonchev–Trinajstić information content (AvgIpc) is 3.48. The number of hydrogen-bond acceptors (Lipinski definition) is 6. The third-order valence-electron chi connectivity index (χ3n) is 5.64. The maximum Gasteiger partial charge on any atom is 0.259 e. The highest BCUT2D eigenvalue weighted by atomic mass is 35.5. The fraction of sp³-hybridized carbons (Fsp3) is 0.217. The monoisotopic (exact) mass is 468 g/mol. The number of aryl methyl sites for hydroxylation is 1. The largest absolute Gasteiger partial charge is 0.463 e. The highest BCUT2D eigenvalue weighted by Gasteiger charge is 2.29. The van der Waals surface area contributed by atoms with E-state index in [0.29, 0.717) is 54.3 Å². The number of pyridine rings is 1. The lowest BCUT2D eigenvalue weighted by Gasteiger charge is -2.35. The molecule has 0 saturated carbocycles.